The van der Waals surface area contributed by atoms with Gasteiger partial charge in [-0.05, 0) is 55.8 Å². The van der Waals surface area contributed by atoms with Gasteiger partial charge in [-0.3, -0.25) is 0 Å². The Bertz CT molecular complexity index is 453. The minimum atomic E-state index is 0. The molecule has 0 N–H and O–H groups in total. The highest BCUT2D eigenvalue weighted by molar-refractivity contribution is 5.85. The minimum absolute atomic E-state index is 0. The Morgan fingerprint density at radius 2 is 1.89 bits per heavy atom. The summed E-state index contributed by atoms with van der Waals surface area (Å²) in [5, 5.41) is 0. The monoisotopic (exact) mass is 267 g/mol. The van der Waals surface area contributed by atoms with Crippen molar-refractivity contribution in [3.63, 3.8) is 0 Å². The summed E-state index contributed by atoms with van der Waals surface area (Å²) < 4.78 is 5.48. The molecule has 4 fully saturated rings. The van der Waals surface area contributed by atoms with Gasteiger partial charge in [-0.1, -0.05) is 6.92 Å². The fourth-order valence-corrected chi connectivity index (χ4v) is 5.63. The van der Waals surface area contributed by atoms with Gasteiger partial charge in [0.15, 0.2) is 5.89 Å². The molecule has 3 heteroatoms. The second-order valence-electron chi connectivity index (χ2n) is 7.30. The third-order valence-electron chi connectivity index (χ3n) is 5.52. The molecule has 0 aromatic carbocycles. The molecule has 1 heterocycles. The van der Waals surface area contributed by atoms with E-state index in [2.05, 4.69) is 11.9 Å². The predicted molar refractivity (Wildman–Crippen MR) is 73.0 cm³/mol. The van der Waals surface area contributed by atoms with E-state index >= 15 is 0 Å². The molecular formula is C15H22ClNO. The van der Waals surface area contributed by atoms with Crippen molar-refractivity contribution in [2.45, 2.75) is 57.8 Å². The highest BCUT2D eigenvalue weighted by Gasteiger charge is 2.57. The van der Waals surface area contributed by atoms with Crippen LogP contribution in [0.1, 0.15) is 57.0 Å². The molecule has 0 amide bonds. The number of aromatic nitrogens is 1. The highest BCUT2D eigenvalue weighted by Crippen LogP contribution is 2.65. The van der Waals surface area contributed by atoms with Gasteiger partial charge in [-0.15, -0.1) is 12.4 Å². The molecule has 0 aliphatic heterocycles. The van der Waals surface area contributed by atoms with Crippen LogP contribution >= 0.6 is 12.4 Å². The van der Waals surface area contributed by atoms with Gasteiger partial charge in [0.1, 0.15) is 6.26 Å². The summed E-state index contributed by atoms with van der Waals surface area (Å²) in [5.74, 6) is 2.75. The molecule has 0 spiro atoms. The Morgan fingerprint density at radius 1 is 1.22 bits per heavy atom. The summed E-state index contributed by atoms with van der Waals surface area (Å²) in [7, 11) is 0. The van der Waals surface area contributed by atoms with Gasteiger partial charge < -0.3 is 4.42 Å². The highest BCUT2D eigenvalue weighted by atomic mass is 35.5. The molecule has 1 aromatic rings. The van der Waals surface area contributed by atoms with E-state index < -0.39 is 0 Å². The number of hydrogen-bond acceptors (Lipinski definition) is 2. The van der Waals surface area contributed by atoms with E-state index in [0.717, 1.165) is 17.7 Å². The summed E-state index contributed by atoms with van der Waals surface area (Å²) in [4.78, 5) is 4.67. The Kier molecular flexibility index (Phi) is 2.61. The molecule has 5 rings (SSSR count). The minimum Gasteiger partial charge on any atom is -0.449 e. The quantitative estimate of drug-likeness (QED) is 0.760. The summed E-state index contributed by atoms with van der Waals surface area (Å²) >= 11 is 0. The van der Waals surface area contributed by atoms with Crippen molar-refractivity contribution >= 4 is 12.4 Å². The molecule has 0 saturated heterocycles. The van der Waals surface area contributed by atoms with E-state index in [0.29, 0.717) is 10.8 Å². The molecular weight excluding hydrogens is 246 g/mol. The largest absolute Gasteiger partial charge is 0.449 e. The zero-order valence-electron chi connectivity index (χ0n) is 11.2. The maximum atomic E-state index is 5.48. The number of hydrogen-bond donors (Lipinski definition) is 0. The number of oxazole rings is 1. The van der Waals surface area contributed by atoms with E-state index in [4.69, 9.17) is 4.42 Å². The van der Waals surface area contributed by atoms with Crippen LogP contribution < -0.4 is 0 Å². The molecule has 2 unspecified atom stereocenters. The first kappa shape index (κ1) is 12.5. The number of nitrogens with zero attached hydrogens (tertiary/aromatic N) is 1. The van der Waals surface area contributed by atoms with Gasteiger partial charge in [0.05, 0.1) is 5.69 Å². The van der Waals surface area contributed by atoms with E-state index in [9.17, 15) is 0 Å². The first-order valence-corrected chi connectivity index (χ1v) is 7.00. The molecule has 4 aliphatic carbocycles. The smallest absolute Gasteiger partial charge is 0.191 e. The summed E-state index contributed by atoms with van der Waals surface area (Å²) in [5.41, 5.74) is 2.23. The van der Waals surface area contributed by atoms with Crippen LogP contribution in [-0.4, -0.2) is 4.98 Å². The third-order valence-corrected chi connectivity index (χ3v) is 5.52. The van der Waals surface area contributed by atoms with Crippen molar-refractivity contribution in [3.8, 4) is 0 Å². The summed E-state index contributed by atoms with van der Waals surface area (Å²) in [6.07, 6.45) is 10.4. The zero-order chi connectivity index (χ0) is 11.7. The number of aryl methyl sites for hydroxylation is 1. The average molecular weight is 268 g/mol. The van der Waals surface area contributed by atoms with Gasteiger partial charge in [0.2, 0.25) is 0 Å². The van der Waals surface area contributed by atoms with E-state index in [-0.39, 0.29) is 12.4 Å². The fraction of sp³-hybridized carbons (Fsp3) is 0.800. The topological polar surface area (TPSA) is 26.0 Å². The fourth-order valence-electron chi connectivity index (χ4n) is 5.63. The van der Waals surface area contributed by atoms with Crippen molar-refractivity contribution < 1.29 is 4.42 Å². The van der Waals surface area contributed by atoms with Gasteiger partial charge in [0, 0.05) is 12.3 Å². The van der Waals surface area contributed by atoms with Crippen molar-refractivity contribution in [2.24, 2.45) is 17.3 Å². The lowest BCUT2D eigenvalue weighted by molar-refractivity contribution is -0.0631. The normalized spacial score (nSPS) is 45.0. The first-order chi connectivity index (χ1) is 8.07. The number of halogens is 1. The van der Waals surface area contributed by atoms with Crippen LogP contribution in [0.15, 0.2) is 10.7 Å². The predicted octanol–water partition coefficient (Wildman–Crippen LogP) is 4.26. The van der Waals surface area contributed by atoms with Crippen LogP contribution in [0.5, 0.6) is 0 Å². The molecule has 2 atom stereocenters. The average Bonchev–Trinajstić information content (AvgIpc) is 2.61. The number of rotatable bonds is 1. The van der Waals surface area contributed by atoms with Crippen molar-refractivity contribution in [1.82, 2.24) is 4.98 Å². The second-order valence-corrected chi connectivity index (χ2v) is 7.30. The van der Waals surface area contributed by atoms with Gasteiger partial charge in [-0.2, -0.15) is 0 Å². The molecule has 4 bridgehead atoms. The lowest BCUT2D eigenvalue weighted by Gasteiger charge is -2.60. The van der Waals surface area contributed by atoms with E-state index in [1.54, 1.807) is 0 Å². The molecule has 1 aromatic heterocycles. The van der Waals surface area contributed by atoms with Crippen LogP contribution in [0.25, 0.3) is 0 Å². The van der Waals surface area contributed by atoms with Gasteiger partial charge >= 0.3 is 0 Å². The third kappa shape index (κ3) is 1.65. The Labute approximate surface area is 115 Å². The SMILES string of the molecule is Cc1nc(C23CC4CC(CC(C)(C4)C2)C3)co1.Cl. The Balaban J connectivity index is 0.000001000. The molecule has 4 aliphatic rings. The Hall–Kier alpha value is -0.500. The van der Waals surface area contributed by atoms with E-state index in [1.807, 2.05) is 13.2 Å². The first-order valence-electron chi connectivity index (χ1n) is 7.00. The van der Waals surface area contributed by atoms with Crippen molar-refractivity contribution in [2.75, 3.05) is 0 Å². The van der Waals surface area contributed by atoms with E-state index in [1.165, 1.54) is 44.2 Å². The maximum Gasteiger partial charge on any atom is 0.191 e. The van der Waals surface area contributed by atoms with Crippen molar-refractivity contribution in [3.05, 3.63) is 17.8 Å². The summed E-state index contributed by atoms with van der Waals surface area (Å²) in [6, 6.07) is 0. The standard InChI is InChI=1S/C15H21NO.ClH/c1-10-16-13(8-17-10)15-6-11-3-12(7-15)5-14(2,4-11)9-15;/h8,11-12H,3-7,9H2,1-2H3;1H. The van der Waals surface area contributed by atoms with Crippen LogP contribution in [-0.2, 0) is 5.41 Å². The molecule has 2 nitrogen and oxygen atoms in total. The van der Waals surface area contributed by atoms with Crippen LogP contribution in [0.3, 0.4) is 0 Å². The van der Waals surface area contributed by atoms with Crippen molar-refractivity contribution in [1.29, 1.82) is 0 Å². The maximum absolute atomic E-state index is 5.48. The lowest BCUT2D eigenvalue weighted by Crippen LogP contribution is -2.53. The zero-order valence-corrected chi connectivity index (χ0v) is 12.1. The lowest BCUT2D eigenvalue weighted by atomic mass is 9.44. The molecule has 18 heavy (non-hydrogen) atoms. The molecule has 0 radical (unpaired) electrons. The molecule has 4 saturated carbocycles. The second kappa shape index (κ2) is 3.75. The van der Waals surface area contributed by atoms with Crippen LogP contribution in [0.4, 0.5) is 0 Å². The Morgan fingerprint density at radius 3 is 2.39 bits per heavy atom. The molecule has 100 valence electrons. The van der Waals surface area contributed by atoms with Crippen LogP contribution in [0, 0.1) is 24.2 Å². The van der Waals surface area contributed by atoms with Gasteiger partial charge in [0.25, 0.3) is 0 Å². The van der Waals surface area contributed by atoms with Crippen LogP contribution in [0.2, 0.25) is 0 Å². The van der Waals surface area contributed by atoms with Gasteiger partial charge in [-0.25, -0.2) is 4.98 Å². The summed E-state index contributed by atoms with van der Waals surface area (Å²) in [6.45, 7) is 4.47.